The van der Waals surface area contributed by atoms with Gasteiger partial charge in [-0.05, 0) is 41.0 Å². The number of nitrogens with one attached hydrogen (secondary N) is 1. The van der Waals surface area contributed by atoms with Crippen LogP contribution in [0, 0.1) is 0 Å². The Morgan fingerprint density at radius 2 is 1.56 bits per heavy atom. The first-order valence-corrected chi connectivity index (χ1v) is 9.48. The second-order valence-electron chi connectivity index (χ2n) is 6.30. The van der Waals surface area contributed by atoms with Crippen LogP contribution in [0.5, 0.6) is 0 Å². The van der Waals surface area contributed by atoms with E-state index in [1.165, 1.54) is 31.7 Å². The molecule has 0 amide bonds. The topological polar surface area (TPSA) is 12.0 Å². The zero-order valence-electron chi connectivity index (χ0n) is 14.3. The van der Waals surface area contributed by atoms with E-state index in [2.05, 4.69) is 97.2 Å². The molecule has 124 valence electrons. The van der Waals surface area contributed by atoms with Crippen molar-refractivity contribution in [3.8, 4) is 10.4 Å². The lowest BCUT2D eigenvalue weighted by Gasteiger charge is -2.16. The summed E-state index contributed by atoms with van der Waals surface area (Å²) in [5.74, 6) is 0. The first-order valence-electron chi connectivity index (χ1n) is 8.66. The molecule has 1 aromatic heterocycles. The Morgan fingerprint density at radius 3 is 2.44 bits per heavy atom. The van der Waals surface area contributed by atoms with Gasteiger partial charge in [0.2, 0.25) is 0 Å². The summed E-state index contributed by atoms with van der Waals surface area (Å²) in [4.78, 5) is 2.70. The predicted octanol–water partition coefficient (Wildman–Crippen LogP) is 6.42. The molecule has 0 aliphatic rings. The lowest BCUT2D eigenvalue weighted by atomic mass is 10.00. The fourth-order valence-electron chi connectivity index (χ4n) is 3.22. The molecule has 0 fully saturated rings. The van der Waals surface area contributed by atoms with Gasteiger partial charge in [-0.1, -0.05) is 72.8 Å². The van der Waals surface area contributed by atoms with Crippen LogP contribution in [0.1, 0.15) is 23.4 Å². The highest BCUT2D eigenvalue weighted by molar-refractivity contribution is 7.15. The zero-order valence-corrected chi connectivity index (χ0v) is 15.1. The van der Waals surface area contributed by atoms with Crippen molar-refractivity contribution in [1.29, 1.82) is 0 Å². The van der Waals surface area contributed by atoms with Gasteiger partial charge in [0.1, 0.15) is 0 Å². The molecule has 4 rings (SSSR count). The van der Waals surface area contributed by atoms with Gasteiger partial charge in [-0.25, -0.2) is 0 Å². The van der Waals surface area contributed by atoms with E-state index in [4.69, 9.17) is 0 Å². The zero-order chi connectivity index (χ0) is 17.1. The molecule has 1 N–H and O–H groups in total. The van der Waals surface area contributed by atoms with Crippen molar-refractivity contribution in [3.63, 3.8) is 0 Å². The largest absolute Gasteiger partial charge is 0.305 e. The van der Waals surface area contributed by atoms with Gasteiger partial charge in [-0.15, -0.1) is 11.3 Å². The second kappa shape index (κ2) is 7.22. The van der Waals surface area contributed by atoms with Crippen molar-refractivity contribution in [3.05, 3.63) is 95.4 Å². The van der Waals surface area contributed by atoms with E-state index in [9.17, 15) is 0 Å². The molecule has 1 heterocycles. The minimum absolute atomic E-state index is 0.313. The van der Waals surface area contributed by atoms with E-state index in [-0.39, 0.29) is 0 Å². The monoisotopic (exact) mass is 343 g/mol. The molecule has 0 bridgehead atoms. The lowest BCUT2D eigenvalue weighted by Crippen LogP contribution is -2.17. The maximum atomic E-state index is 3.68. The SMILES string of the molecule is CC(NCc1ccc(-c2ccccc2)s1)c1cccc2ccccc12. The van der Waals surface area contributed by atoms with Crippen LogP contribution in [0.25, 0.3) is 21.2 Å². The highest BCUT2D eigenvalue weighted by atomic mass is 32.1. The first-order chi connectivity index (χ1) is 12.3. The van der Waals surface area contributed by atoms with Gasteiger partial charge >= 0.3 is 0 Å². The van der Waals surface area contributed by atoms with E-state index >= 15 is 0 Å². The number of hydrogen-bond acceptors (Lipinski definition) is 2. The Bertz CT molecular complexity index is 966. The second-order valence-corrected chi connectivity index (χ2v) is 7.47. The quantitative estimate of drug-likeness (QED) is 0.441. The fourth-order valence-corrected chi connectivity index (χ4v) is 4.19. The molecule has 1 atom stereocenters. The molecule has 0 saturated carbocycles. The highest BCUT2D eigenvalue weighted by Gasteiger charge is 2.09. The molecular formula is C23H21NS. The minimum atomic E-state index is 0.313. The first kappa shape index (κ1) is 16.1. The molecule has 0 radical (unpaired) electrons. The average Bonchev–Trinajstić information content (AvgIpc) is 3.15. The summed E-state index contributed by atoms with van der Waals surface area (Å²) < 4.78 is 0. The van der Waals surface area contributed by atoms with E-state index in [1.54, 1.807) is 0 Å². The summed E-state index contributed by atoms with van der Waals surface area (Å²) in [7, 11) is 0. The third-order valence-electron chi connectivity index (χ3n) is 4.59. The number of hydrogen-bond donors (Lipinski definition) is 1. The maximum absolute atomic E-state index is 3.68. The Balaban J connectivity index is 1.49. The molecular weight excluding hydrogens is 322 g/mol. The fraction of sp³-hybridized carbons (Fsp3) is 0.130. The maximum Gasteiger partial charge on any atom is 0.0346 e. The Hall–Kier alpha value is -2.42. The van der Waals surface area contributed by atoms with Crippen LogP contribution in [0.3, 0.4) is 0 Å². The van der Waals surface area contributed by atoms with Crippen LogP contribution in [0.2, 0.25) is 0 Å². The number of fused-ring (bicyclic) bond motifs is 1. The van der Waals surface area contributed by atoms with E-state index in [0.717, 1.165) is 6.54 Å². The smallest absolute Gasteiger partial charge is 0.0346 e. The van der Waals surface area contributed by atoms with Gasteiger partial charge in [0.15, 0.2) is 0 Å². The highest BCUT2D eigenvalue weighted by Crippen LogP contribution is 2.29. The summed E-state index contributed by atoms with van der Waals surface area (Å²) in [6, 6.07) is 30.5. The van der Waals surface area contributed by atoms with Crippen LogP contribution < -0.4 is 5.32 Å². The van der Waals surface area contributed by atoms with Crippen molar-refractivity contribution < 1.29 is 0 Å². The van der Waals surface area contributed by atoms with Crippen molar-refractivity contribution in [2.75, 3.05) is 0 Å². The molecule has 1 unspecified atom stereocenters. The van der Waals surface area contributed by atoms with Crippen LogP contribution >= 0.6 is 11.3 Å². The lowest BCUT2D eigenvalue weighted by molar-refractivity contribution is 0.582. The van der Waals surface area contributed by atoms with E-state index < -0.39 is 0 Å². The Kier molecular flexibility index (Phi) is 4.64. The molecule has 2 heteroatoms. The van der Waals surface area contributed by atoms with Crippen LogP contribution in [0.15, 0.2) is 84.9 Å². The summed E-state index contributed by atoms with van der Waals surface area (Å²) in [5, 5.41) is 6.32. The summed E-state index contributed by atoms with van der Waals surface area (Å²) in [6.45, 7) is 3.13. The van der Waals surface area contributed by atoms with Gasteiger partial charge in [0.25, 0.3) is 0 Å². The Morgan fingerprint density at radius 1 is 0.800 bits per heavy atom. The standard InChI is InChI=1S/C23H21NS/c1-17(21-13-7-11-18-8-5-6-12-22(18)21)24-16-20-14-15-23(25-20)19-9-3-2-4-10-19/h2-15,17,24H,16H2,1H3. The van der Waals surface area contributed by atoms with Crippen molar-refractivity contribution in [1.82, 2.24) is 5.32 Å². The summed E-state index contributed by atoms with van der Waals surface area (Å²) in [5.41, 5.74) is 2.65. The molecule has 4 aromatic rings. The number of thiophene rings is 1. The predicted molar refractivity (Wildman–Crippen MR) is 109 cm³/mol. The minimum Gasteiger partial charge on any atom is -0.305 e. The molecule has 1 nitrogen and oxygen atoms in total. The normalized spacial score (nSPS) is 12.4. The van der Waals surface area contributed by atoms with Gasteiger partial charge < -0.3 is 5.32 Å². The molecule has 25 heavy (non-hydrogen) atoms. The van der Waals surface area contributed by atoms with Crippen LogP contribution in [-0.2, 0) is 6.54 Å². The van der Waals surface area contributed by atoms with Gasteiger partial charge in [0.05, 0.1) is 0 Å². The van der Waals surface area contributed by atoms with E-state index in [0.29, 0.717) is 6.04 Å². The molecule has 0 saturated heterocycles. The van der Waals surface area contributed by atoms with Crippen LogP contribution in [-0.4, -0.2) is 0 Å². The van der Waals surface area contributed by atoms with Gasteiger partial charge in [-0.3, -0.25) is 0 Å². The number of rotatable bonds is 5. The average molecular weight is 343 g/mol. The van der Waals surface area contributed by atoms with Crippen LogP contribution in [0.4, 0.5) is 0 Å². The third kappa shape index (κ3) is 3.51. The third-order valence-corrected chi connectivity index (χ3v) is 5.73. The van der Waals surface area contributed by atoms with Gasteiger partial charge in [0, 0.05) is 22.3 Å². The number of benzene rings is 3. The molecule has 0 aliphatic carbocycles. The molecule has 3 aromatic carbocycles. The van der Waals surface area contributed by atoms with Crippen molar-refractivity contribution in [2.24, 2.45) is 0 Å². The van der Waals surface area contributed by atoms with Crippen molar-refractivity contribution in [2.45, 2.75) is 19.5 Å². The molecule has 0 aliphatic heterocycles. The summed E-state index contributed by atoms with van der Waals surface area (Å²) in [6.07, 6.45) is 0. The van der Waals surface area contributed by atoms with Gasteiger partial charge in [-0.2, -0.15) is 0 Å². The molecule has 0 spiro atoms. The van der Waals surface area contributed by atoms with E-state index in [1.807, 2.05) is 11.3 Å². The Labute approximate surface area is 153 Å². The summed E-state index contributed by atoms with van der Waals surface area (Å²) >= 11 is 1.86. The van der Waals surface area contributed by atoms with Crippen molar-refractivity contribution >= 4 is 22.1 Å².